The Hall–Kier alpha value is -0.990. The molecule has 0 spiro atoms. The molecule has 1 rings (SSSR count). The van der Waals surface area contributed by atoms with Gasteiger partial charge in [-0.15, -0.1) is 0 Å². The van der Waals surface area contributed by atoms with Crippen LogP contribution in [0.4, 0.5) is 4.79 Å². The van der Waals surface area contributed by atoms with Crippen molar-refractivity contribution in [3.63, 3.8) is 0 Å². The molecule has 0 N–H and O–H groups in total. The van der Waals surface area contributed by atoms with Crippen LogP contribution in [0.5, 0.6) is 0 Å². The number of ether oxygens (including phenoxy) is 2. The molecule has 1 saturated heterocycles. The Balaban J connectivity index is 2.58. The van der Waals surface area contributed by atoms with E-state index in [1.807, 2.05) is 6.92 Å². The maximum Gasteiger partial charge on any atom is 0.514 e. The molecule has 0 aromatic rings. The predicted octanol–water partition coefficient (Wildman–Crippen LogP) is 1.45. The fraction of sp³-hybridized carbons (Fsp3) is 0.500. The van der Waals surface area contributed by atoms with Gasteiger partial charge < -0.3 is 9.47 Å². The molecule has 0 radical (unpaired) electrons. The van der Waals surface area contributed by atoms with E-state index in [1.165, 1.54) is 0 Å². The van der Waals surface area contributed by atoms with Crippen molar-refractivity contribution in [2.45, 2.75) is 19.4 Å². The van der Waals surface area contributed by atoms with E-state index in [0.29, 0.717) is 5.76 Å². The third-order valence-corrected chi connectivity index (χ3v) is 1.18. The third kappa shape index (κ3) is 1.04. The third-order valence-electron chi connectivity index (χ3n) is 1.18. The molecule has 1 atom stereocenters. The van der Waals surface area contributed by atoms with Crippen molar-refractivity contribution < 1.29 is 14.3 Å². The quantitative estimate of drug-likeness (QED) is 0.501. The van der Waals surface area contributed by atoms with E-state index in [9.17, 15) is 4.79 Å². The van der Waals surface area contributed by atoms with Gasteiger partial charge in [-0.3, -0.25) is 0 Å². The molecule has 1 unspecified atom stereocenters. The van der Waals surface area contributed by atoms with Crippen LogP contribution in [0.2, 0.25) is 0 Å². The topological polar surface area (TPSA) is 35.5 Å². The predicted molar refractivity (Wildman–Crippen MR) is 30.8 cm³/mol. The molecule has 9 heavy (non-hydrogen) atoms. The van der Waals surface area contributed by atoms with Gasteiger partial charge in [0.05, 0.1) is 0 Å². The van der Waals surface area contributed by atoms with Crippen molar-refractivity contribution in [3.05, 3.63) is 12.3 Å². The Labute approximate surface area is 53.3 Å². The van der Waals surface area contributed by atoms with Crippen LogP contribution < -0.4 is 0 Å². The summed E-state index contributed by atoms with van der Waals surface area (Å²) in [6, 6.07) is 0. The lowest BCUT2D eigenvalue weighted by Crippen LogP contribution is -2.04. The summed E-state index contributed by atoms with van der Waals surface area (Å²) in [5, 5.41) is 0. The summed E-state index contributed by atoms with van der Waals surface area (Å²) in [5.74, 6) is 0.419. The molecule has 3 nitrogen and oxygen atoms in total. The van der Waals surface area contributed by atoms with Gasteiger partial charge in [0.25, 0.3) is 0 Å². The minimum absolute atomic E-state index is 0.225. The molecular weight excluding hydrogens is 120 g/mol. The van der Waals surface area contributed by atoms with Crippen LogP contribution in [-0.2, 0) is 9.47 Å². The highest BCUT2D eigenvalue weighted by Crippen LogP contribution is 2.18. The summed E-state index contributed by atoms with van der Waals surface area (Å²) in [5.41, 5.74) is 0. The molecule has 50 valence electrons. The largest absolute Gasteiger partial charge is 0.514 e. The number of rotatable bonds is 1. The Morgan fingerprint density at radius 2 is 2.44 bits per heavy atom. The van der Waals surface area contributed by atoms with Gasteiger partial charge in [-0.2, -0.15) is 0 Å². The van der Waals surface area contributed by atoms with Crippen molar-refractivity contribution in [2.75, 3.05) is 0 Å². The van der Waals surface area contributed by atoms with E-state index in [-0.39, 0.29) is 6.10 Å². The minimum atomic E-state index is -0.633. The molecule has 0 aromatic carbocycles. The van der Waals surface area contributed by atoms with E-state index >= 15 is 0 Å². The van der Waals surface area contributed by atoms with E-state index in [2.05, 4.69) is 16.1 Å². The highest BCUT2D eigenvalue weighted by molar-refractivity contribution is 5.64. The summed E-state index contributed by atoms with van der Waals surface area (Å²) in [7, 11) is 0. The zero-order valence-electron chi connectivity index (χ0n) is 5.22. The van der Waals surface area contributed by atoms with Crippen LogP contribution in [0.25, 0.3) is 0 Å². The summed E-state index contributed by atoms with van der Waals surface area (Å²) >= 11 is 0. The van der Waals surface area contributed by atoms with Crippen molar-refractivity contribution in [2.24, 2.45) is 0 Å². The smallest absolute Gasteiger partial charge is 0.423 e. The molecule has 1 aliphatic heterocycles. The molecule has 0 bridgehead atoms. The molecule has 0 saturated carbocycles. The Morgan fingerprint density at radius 1 is 1.78 bits per heavy atom. The second kappa shape index (κ2) is 2.09. The molecule has 3 heteroatoms. The SMILES string of the molecule is C=C1OC(=O)OC1CC. The normalized spacial score (nSPS) is 25.7. The fourth-order valence-electron chi connectivity index (χ4n) is 0.690. The van der Waals surface area contributed by atoms with Gasteiger partial charge in [0.2, 0.25) is 0 Å². The number of carbonyl (C=O) groups excluding carboxylic acids is 1. The zero-order chi connectivity index (χ0) is 6.85. The van der Waals surface area contributed by atoms with Crippen molar-refractivity contribution in [3.8, 4) is 0 Å². The molecule has 1 heterocycles. The average Bonchev–Trinajstić information content (AvgIpc) is 2.10. The molecule has 0 aromatic heterocycles. The van der Waals surface area contributed by atoms with Crippen molar-refractivity contribution in [1.29, 1.82) is 0 Å². The van der Waals surface area contributed by atoms with E-state index in [0.717, 1.165) is 6.42 Å². The maximum absolute atomic E-state index is 10.3. The van der Waals surface area contributed by atoms with Gasteiger partial charge in [0.15, 0.2) is 6.10 Å². The average molecular weight is 128 g/mol. The standard InChI is InChI=1S/C6H8O3/c1-3-5-4(2)8-6(7)9-5/h5H,2-3H2,1H3. The highest BCUT2D eigenvalue weighted by Gasteiger charge is 2.27. The molecular formula is C6H8O3. The summed E-state index contributed by atoms with van der Waals surface area (Å²) < 4.78 is 9.17. The second-order valence-corrected chi connectivity index (χ2v) is 1.83. The van der Waals surface area contributed by atoms with Crippen molar-refractivity contribution >= 4 is 6.16 Å². The lowest BCUT2D eigenvalue weighted by molar-refractivity contribution is 0.117. The van der Waals surface area contributed by atoms with Crippen molar-refractivity contribution in [1.82, 2.24) is 0 Å². The van der Waals surface area contributed by atoms with Gasteiger partial charge >= 0.3 is 6.16 Å². The minimum Gasteiger partial charge on any atom is -0.423 e. The van der Waals surface area contributed by atoms with Gasteiger partial charge in [-0.1, -0.05) is 13.5 Å². The Morgan fingerprint density at radius 3 is 2.67 bits per heavy atom. The lowest BCUT2D eigenvalue weighted by atomic mass is 10.2. The fourth-order valence-corrected chi connectivity index (χ4v) is 0.690. The summed E-state index contributed by atoms with van der Waals surface area (Å²) in [6.45, 7) is 5.39. The number of cyclic esters (lactones) is 2. The monoisotopic (exact) mass is 128 g/mol. The lowest BCUT2D eigenvalue weighted by Gasteiger charge is -1.99. The summed E-state index contributed by atoms with van der Waals surface area (Å²) in [6.07, 6.45) is -0.130. The van der Waals surface area contributed by atoms with E-state index < -0.39 is 6.16 Å². The second-order valence-electron chi connectivity index (χ2n) is 1.83. The van der Waals surface area contributed by atoms with Crippen LogP contribution in [-0.4, -0.2) is 12.3 Å². The number of hydrogen-bond acceptors (Lipinski definition) is 3. The number of hydrogen-bond donors (Lipinski definition) is 0. The van der Waals surface area contributed by atoms with Crippen LogP contribution >= 0.6 is 0 Å². The Kier molecular flexibility index (Phi) is 1.42. The van der Waals surface area contributed by atoms with Gasteiger partial charge in [-0.05, 0) is 6.42 Å². The van der Waals surface area contributed by atoms with Gasteiger partial charge in [0, 0.05) is 0 Å². The van der Waals surface area contributed by atoms with Crippen LogP contribution in [0, 0.1) is 0 Å². The maximum atomic E-state index is 10.3. The highest BCUT2D eigenvalue weighted by atomic mass is 16.8. The van der Waals surface area contributed by atoms with Crippen LogP contribution in [0.1, 0.15) is 13.3 Å². The first-order chi connectivity index (χ1) is 4.24. The van der Waals surface area contributed by atoms with E-state index in [4.69, 9.17) is 0 Å². The van der Waals surface area contributed by atoms with Crippen LogP contribution in [0.15, 0.2) is 12.3 Å². The first kappa shape index (κ1) is 6.13. The number of carbonyl (C=O) groups is 1. The zero-order valence-corrected chi connectivity index (χ0v) is 5.22. The van der Waals surface area contributed by atoms with Gasteiger partial charge in [-0.25, -0.2) is 4.79 Å². The molecule has 0 amide bonds. The molecule has 1 fully saturated rings. The van der Waals surface area contributed by atoms with Gasteiger partial charge in [0.1, 0.15) is 5.76 Å². The molecule has 0 aliphatic carbocycles. The summed E-state index contributed by atoms with van der Waals surface area (Å²) in [4.78, 5) is 10.3. The Bertz CT molecular complexity index is 150. The molecule has 1 aliphatic rings. The van der Waals surface area contributed by atoms with E-state index in [1.54, 1.807) is 0 Å². The first-order valence-corrected chi connectivity index (χ1v) is 2.81. The van der Waals surface area contributed by atoms with Crippen LogP contribution in [0.3, 0.4) is 0 Å². The first-order valence-electron chi connectivity index (χ1n) is 2.81.